The lowest BCUT2D eigenvalue weighted by Gasteiger charge is -2.02. The zero-order chi connectivity index (χ0) is 13.7. The molecule has 100 valence electrons. The van der Waals surface area contributed by atoms with Crippen LogP contribution in [0.4, 0.5) is 5.13 Å². The number of halogens is 3. The van der Waals surface area contributed by atoms with E-state index >= 15 is 0 Å². The molecule has 2 rings (SSSR count). The molecule has 1 aromatic heterocycles. The molecule has 0 bridgehead atoms. The standard InChI is InChI=1S/C11H9Cl3N4S/c12-11(13,14)9-16-10(19-18-9)17-15-7-6-8-4-2-1-3-5-8/h1-5,7H,6H2,(H,16,17,18). The molecule has 0 atom stereocenters. The molecule has 0 aliphatic carbocycles. The summed E-state index contributed by atoms with van der Waals surface area (Å²) in [7, 11) is 0. The van der Waals surface area contributed by atoms with Crippen LogP contribution in [0.25, 0.3) is 0 Å². The van der Waals surface area contributed by atoms with Crippen LogP contribution >= 0.6 is 46.3 Å². The highest BCUT2D eigenvalue weighted by Gasteiger charge is 2.28. The number of rotatable bonds is 4. The minimum atomic E-state index is -1.61. The van der Waals surface area contributed by atoms with Gasteiger partial charge in [-0.25, -0.2) is 0 Å². The second-order valence-electron chi connectivity index (χ2n) is 3.53. The van der Waals surface area contributed by atoms with Crippen LogP contribution < -0.4 is 5.43 Å². The van der Waals surface area contributed by atoms with Crippen LogP contribution in [-0.4, -0.2) is 15.6 Å². The lowest BCUT2D eigenvalue weighted by molar-refractivity contribution is 1.04. The second kappa shape index (κ2) is 6.52. The fourth-order valence-electron chi connectivity index (χ4n) is 1.25. The van der Waals surface area contributed by atoms with Gasteiger partial charge in [-0.3, -0.25) is 5.43 Å². The van der Waals surface area contributed by atoms with E-state index in [0.717, 1.165) is 18.0 Å². The van der Waals surface area contributed by atoms with E-state index in [2.05, 4.69) is 19.9 Å². The van der Waals surface area contributed by atoms with Gasteiger partial charge in [0.15, 0.2) is 5.82 Å². The Morgan fingerprint density at radius 1 is 1.26 bits per heavy atom. The lowest BCUT2D eigenvalue weighted by atomic mass is 10.2. The number of nitrogens with one attached hydrogen (secondary N) is 1. The van der Waals surface area contributed by atoms with Crippen molar-refractivity contribution in [1.29, 1.82) is 0 Å². The Morgan fingerprint density at radius 2 is 2.00 bits per heavy atom. The smallest absolute Gasteiger partial charge is 0.251 e. The van der Waals surface area contributed by atoms with E-state index in [-0.39, 0.29) is 5.82 Å². The van der Waals surface area contributed by atoms with Crippen LogP contribution in [0.3, 0.4) is 0 Å². The maximum absolute atomic E-state index is 5.66. The first-order chi connectivity index (χ1) is 9.05. The molecular formula is C11H9Cl3N4S. The van der Waals surface area contributed by atoms with E-state index < -0.39 is 3.79 Å². The molecule has 0 unspecified atom stereocenters. The summed E-state index contributed by atoms with van der Waals surface area (Å²) >= 11 is 18.1. The molecule has 1 heterocycles. The van der Waals surface area contributed by atoms with Crippen molar-refractivity contribution in [2.45, 2.75) is 10.2 Å². The summed E-state index contributed by atoms with van der Waals surface area (Å²) in [5.74, 6) is 0.142. The third-order valence-corrected chi connectivity index (χ3v) is 3.23. The summed E-state index contributed by atoms with van der Waals surface area (Å²) in [6, 6.07) is 9.98. The number of hydrogen-bond acceptors (Lipinski definition) is 5. The van der Waals surface area contributed by atoms with E-state index in [9.17, 15) is 0 Å². The third-order valence-electron chi connectivity index (χ3n) is 2.10. The van der Waals surface area contributed by atoms with Gasteiger partial charge in [-0.1, -0.05) is 65.1 Å². The molecule has 4 nitrogen and oxygen atoms in total. The van der Waals surface area contributed by atoms with Gasteiger partial charge in [0, 0.05) is 24.2 Å². The first-order valence-corrected chi connectivity index (χ1v) is 7.19. The number of alkyl halides is 3. The summed E-state index contributed by atoms with van der Waals surface area (Å²) < 4.78 is 2.32. The van der Waals surface area contributed by atoms with Crippen molar-refractivity contribution < 1.29 is 0 Å². The van der Waals surface area contributed by atoms with Gasteiger partial charge in [0.05, 0.1) is 0 Å². The fourth-order valence-corrected chi connectivity index (χ4v) is 2.23. The number of hydrogen-bond donors (Lipinski definition) is 1. The molecule has 1 aromatic carbocycles. The van der Waals surface area contributed by atoms with Crippen LogP contribution in [-0.2, 0) is 10.2 Å². The first kappa shape index (κ1) is 14.5. The number of anilines is 1. The quantitative estimate of drug-likeness (QED) is 0.522. The molecule has 0 aliphatic heterocycles. The zero-order valence-corrected chi connectivity index (χ0v) is 12.6. The lowest BCUT2D eigenvalue weighted by Crippen LogP contribution is -2.02. The SMILES string of the molecule is ClC(Cl)(Cl)c1nsc(NN=CCc2ccccc2)n1. The molecule has 2 aromatic rings. The maximum Gasteiger partial charge on any atom is 0.251 e. The monoisotopic (exact) mass is 334 g/mol. The van der Waals surface area contributed by atoms with Crippen LogP contribution in [0.1, 0.15) is 11.4 Å². The fraction of sp³-hybridized carbons (Fsp3) is 0.182. The van der Waals surface area contributed by atoms with E-state index in [0.29, 0.717) is 5.13 Å². The molecule has 0 saturated heterocycles. The van der Waals surface area contributed by atoms with Gasteiger partial charge in [-0.15, -0.1) is 0 Å². The summed E-state index contributed by atoms with van der Waals surface area (Å²) in [4.78, 5) is 4.01. The van der Waals surface area contributed by atoms with Gasteiger partial charge >= 0.3 is 0 Å². The highest BCUT2D eigenvalue weighted by atomic mass is 35.6. The predicted molar refractivity (Wildman–Crippen MR) is 81.4 cm³/mol. The van der Waals surface area contributed by atoms with Crippen molar-refractivity contribution in [2.75, 3.05) is 5.43 Å². The van der Waals surface area contributed by atoms with Gasteiger partial charge in [0.1, 0.15) is 0 Å². The van der Waals surface area contributed by atoms with Crippen LogP contribution in [0, 0.1) is 0 Å². The average Bonchev–Trinajstić information content (AvgIpc) is 2.85. The summed E-state index contributed by atoms with van der Waals surface area (Å²) in [6.07, 6.45) is 2.47. The molecule has 0 amide bonds. The predicted octanol–water partition coefficient (Wildman–Crippen LogP) is 4.01. The Labute approximate surface area is 129 Å². The highest BCUT2D eigenvalue weighted by molar-refractivity contribution is 7.09. The molecule has 0 aliphatic rings. The Kier molecular flexibility index (Phi) is 4.99. The minimum absolute atomic E-state index is 0.142. The minimum Gasteiger partial charge on any atom is -0.252 e. The molecule has 0 spiro atoms. The average molecular weight is 336 g/mol. The molecule has 1 N–H and O–H groups in total. The van der Waals surface area contributed by atoms with Gasteiger partial charge in [0.2, 0.25) is 5.13 Å². The number of hydrazone groups is 1. The van der Waals surface area contributed by atoms with E-state index in [1.165, 1.54) is 5.56 Å². The van der Waals surface area contributed by atoms with Crippen LogP contribution in [0.5, 0.6) is 0 Å². The third kappa shape index (κ3) is 4.62. The molecule has 0 fully saturated rings. The van der Waals surface area contributed by atoms with Crippen LogP contribution in [0.2, 0.25) is 0 Å². The van der Waals surface area contributed by atoms with Crippen molar-refractivity contribution in [1.82, 2.24) is 9.36 Å². The van der Waals surface area contributed by atoms with Crippen molar-refractivity contribution in [3.05, 3.63) is 41.7 Å². The van der Waals surface area contributed by atoms with Crippen molar-refractivity contribution in [3.63, 3.8) is 0 Å². The zero-order valence-electron chi connectivity index (χ0n) is 9.55. The van der Waals surface area contributed by atoms with Crippen molar-refractivity contribution in [2.24, 2.45) is 5.10 Å². The van der Waals surface area contributed by atoms with Crippen molar-refractivity contribution >= 4 is 57.7 Å². The molecular weight excluding hydrogens is 327 g/mol. The number of benzene rings is 1. The van der Waals surface area contributed by atoms with E-state index in [1.54, 1.807) is 6.21 Å². The van der Waals surface area contributed by atoms with Gasteiger partial charge in [-0.05, 0) is 5.56 Å². The topological polar surface area (TPSA) is 50.2 Å². The largest absolute Gasteiger partial charge is 0.252 e. The van der Waals surface area contributed by atoms with E-state index in [4.69, 9.17) is 34.8 Å². The van der Waals surface area contributed by atoms with Crippen LogP contribution in [0.15, 0.2) is 35.4 Å². The van der Waals surface area contributed by atoms with Gasteiger partial charge < -0.3 is 0 Å². The normalized spacial score (nSPS) is 11.9. The Hall–Kier alpha value is -0.880. The van der Waals surface area contributed by atoms with E-state index in [1.807, 2.05) is 30.3 Å². The second-order valence-corrected chi connectivity index (χ2v) is 6.57. The van der Waals surface area contributed by atoms with Gasteiger partial charge in [-0.2, -0.15) is 14.5 Å². The summed E-state index contributed by atoms with van der Waals surface area (Å²) in [5.41, 5.74) is 3.92. The number of aromatic nitrogens is 2. The Bertz CT molecular complexity index is 551. The van der Waals surface area contributed by atoms with Gasteiger partial charge in [0.25, 0.3) is 3.79 Å². The molecule has 8 heteroatoms. The molecule has 0 saturated carbocycles. The first-order valence-electron chi connectivity index (χ1n) is 5.28. The Balaban J connectivity index is 1.87. The van der Waals surface area contributed by atoms with Crippen molar-refractivity contribution in [3.8, 4) is 0 Å². The summed E-state index contributed by atoms with van der Waals surface area (Å²) in [6.45, 7) is 0. The highest BCUT2D eigenvalue weighted by Crippen LogP contribution is 2.37. The summed E-state index contributed by atoms with van der Waals surface area (Å²) in [5, 5.41) is 4.51. The Morgan fingerprint density at radius 3 is 2.63 bits per heavy atom. The maximum atomic E-state index is 5.66. The molecule has 0 radical (unpaired) electrons. The molecule has 19 heavy (non-hydrogen) atoms. The number of nitrogens with zero attached hydrogens (tertiary/aromatic N) is 3.